The molecule has 2 saturated carbocycles. The van der Waals surface area contributed by atoms with E-state index >= 15 is 0 Å². The van der Waals surface area contributed by atoms with Crippen LogP contribution in [0.25, 0.3) is 0 Å². The Labute approximate surface area is 138 Å². The Morgan fingerprint density at radius 1 is 1.30 bits per heavy atom. The van der Waals surface area contributed by atoms with Crippen molar-refractivity contribution in [2.75, 3.05) is 6.54 Å². The molecule has 0 bridgehead atoms. The van der Waals surface area contributed by atoms with Crippen LogP contribution in [0.15, 0.2) is 24.3 Å². The molecule has 23 heavy (non-hydrogen) atoms. The fourth-order valence-corrected chi connectivity index (χ4v) is 2.93. The van der Waals surface area contributed by atoms with Gasteiger partial charge in [0.05, 0.1) is 11.6 Å². The number of carbonyl (C=O) groups excluding carboxylic acids is 1. The molecule has 1 aromatic carbocycles. The zero-order valence-electron chi connectivity index (χ0n) is 14.1. The number of hydrogen-bond acceptors (Lipinski definition) is 3. The zero-order chi connectivity index (χ0) is 16.6. The summed E-state index contributed by atoms with van der Waals surface area (Å²) >= 11 is 0. The van der Waals surface area contributed by atoms with Crippen molar-refractivity contribution in [2.24, 2.45) is 5.92 Å². The lowest BCUT2D eigenvalue weighted by Gasteiger charge is -2.28. The van der Waals surface area contributed by atoms with Crippen LogP contribution in [0, 0.1) is 17.2 Å². The second-order valence-electron chi connectivity index (χ2n) is 7.72. The first kappa shape index (κ1) is 15.9. The standard InChI is InChI=1S/C19H24N2O2/c1-19(2,3)23-18(22)21(12-14-4-5-14)17-10-16(17)15-8-6-13(11-20)7-9-15/h6-9,14,16-17H,4-5,10,12H2,1-3H3/t16?,17-/m0/s1. The number of rotatable bonds is 4. The van der Waals surface area contributed by atoms with Gasteiger partial charge >= 0.3 is 6.09 Å². The SMILES string of the molecule is CC(C)(C)OC(=O)N(CC1CC1)[C@H]1CC1c1ccc(C#N)cc1. The molecule has 0 aliphatic heterocycles. The predicted molar refractivity (Wildman–Crippen MR) is 88.0 cm³/mol. The van der Waals surface area contributed by atoms with Gasteiger partial charge in [0.15, 0.2) is 0 Å². The van der Waals surface area contributed by atoms with Crippen molar-refractivity contribution in [1.82, 2.24) is 4.90 Å². The molecule has 3 rings (SSSR count). The van der Waals surface area contributed by atoms with Gasteiger partial charge in [0.25, 0.3) is 0 Å². The average molecular weight is 312 g/mol. The van der Waals surface area contributed by atoms with Crippen molar-refractivity contribution in [3.63, 3.8) is 0 Å². The van der Waals surface area contributed by atoms with Gasteiger partial charge in [-0.1, -0.05) is 12.1 Å². The van der Waals surface area contributed by atoms with Crippen molar-refractivity contribution >= 4 is 6.09 Å². The van der Waals surface area contributed by atoms with E-state index in [9.17, 15) is 4.79 Å². The molecule has 0 radical (unpaired) electrons. The van der Waals surface area contributed by atoms with Crippen LogP contribution in [0.1, 0.15) is 57.1 Å². The van der Waals surface area contributed by atoms with Gasteiger partial charge in [0.1, 0.15) is 5.60 Å². The van der Waals surface area contributed by atoms with Crippen LogP contribution < -0.4 is 0 Å². The van der Waals surface area contributed by atoms with Crippen LogP contribution in [0.2, 0.25) is 0 Å². The van der Waals surface area contributed by atoms with Crippen LogP contribution in [0.5, 0.6) is 0 Å². The summed E-state index contributed by atoms with van der Waals surface area (Å²) in [6, 6.07) is 10.1. The minimum absolute atomic E-state index is 0.189. The molecular formula is C19H24N2O2. The summed E-state index contributed by atoms with van der Waals surface area (Å²) in [6.45, 7) is 6.54. The molecule has 2 fully saturated rings. The summed E-state index contributed by atoms with van der Waals surface area (Å²) in [6.07, 6.45) is 3.23. The summed E-state index contributed by atoms with van der Waals surface area (Å²) in [5, 5.41) is 8.89. The molecular weight excluding hydrogens is 288 g/mol. The molecule has 0 N–H and O–H groups in total. The first-order chi connectivity index (χ1) is 10.9. The molecule has 0 spiro atoms. The Balaban J connectivity index is 1.68. The summed E-state index contributed by atoms with van der Waals surface area (Å²) in [5.41, 5.74) is 1.42. The molecule has 4 heteroatoms. The van der Waals surface area contributed by atoms with Crippen molar-refractivity contribution in [3.8, 4) is 6.07 Å². The molecule has 2 aliphatic carbocycles. The fraction of sp³-hybridized carbons (Fsp3) is 0.579. The van der Waals surface area contributed by atoms with Crippen molar-refractivity contribution < 1.29 is 9.53 Å². The van der Waals surface area contributed by atoms with Crippen molar-refractivity contribution in [1.29, 1.82) is 5.26 Å². The second-order valence-corrected chi connectivity index (χ2v) is 7.72. The van der Waals surface area contributed by atoms with Gasteiger partial charge in [-0.15, -0.1) is 0 Å². The minimum Gasteiger partial charge on any atom is -0.444 e. The van der Waals surface area contributed by atoms with Gasteiger partial charge in [-0.2, -0.15) is 5.26 Å². The third-order valence-electron chi connectivity index (χ3n) is 4.40. The maximum absolute atomic E-state index is 12.5. The normalized spacial score (nSPS) is 23.0. The van der Waals surface area contributed by atoms with Crippen LogP contribution in [-0.4, -0.2) is 29.2 Å². The molecule has 0 heterocycles. The number of amides is 1. The van der Waals surface area contributed by atoms with Crippen molar-refractivity contribution in [2.45, 2.75) is 57.6 Å². The Bertz CT molecular complexity index is 620. The Kier molecular flexibility index (Phi) is 4.06. The molecule has 1 unspecified atom stereocenters. The first-order valence-corrected chi connectivity index (χ1v) is 8.37. The quantitative estimate of drug-likeness (QED) is 0.842. The van der Waals surface area contributed by atoms with E-state index in [1.54, 1.807) is 0 Å². The number of ether oxygens (including phenoxy) is 1. The number of hydrogen-bond donors (Lipinski definition) is 0. The van der Waals surface area contributed by atoms with Gasteiger partial charge in [0, 0.05) is 18.5 Å². The van der Waals surface area contributed by atoms with Gasteiger partial charge < -0.3 is 9.64 Å². The van der Waals surface area contributed by atoms with E-state index in [1.165, 1.54) is 18.4 Å². The van der Waals surface area contributed by atoms with Crippen LogP contribution in [-0.2, 0) is 4.74 Å². The van der Waals surface area contributed by atoms with Crippen LogP contribution >= 0.6 is 0 Å². The molecule has 122 valence electrons. The van der Waals surface area contributed by atoms with Crippen LogP contribution in [0.3, 0.4) is 0 Å². The molecule has 1 aromatic rings. The molecule has 0 aromatic heterocycles. The molecule has 2 atom stereocenters. The van der Waals surface area contributed by atoms with E-state index in [0.717, 1.165) is 13.0 Å². The Morgan fingerprint density at radius 3 is 2.48 bits per heavy atom. The lowest BCUT2D eigenvalue weighted by atomic mass is 10.1. The number of nitriles is 1. The Hall–Kier alpha value is -2.02. The highest BCUT2D eigenvalue weighted by Gasteiger charge is 2.47. The Morgan fingerprint density at radius 2 is 1.96 bits per heavy atom. The van der Waals surface area contributed by atoms with E-state index in [4.69, 9.17) is 10.00 Å². The van der Waals surface area contributed by atoms with Gasteiger partial charge in [-0.05, 0) is 63.6 Å². The fourth-order valence-electron chi connectivity index (χ4n) is 2.93. The smallest absolute Gasteiger partial charge is 0.410 e. The summed E-state index contributed by atoms with van der Waals surface area (Å²) in [7, 11) is 0. The predicted octanol–water partition coefficient (Wildman–Crippen LogP) is 4.06. The van der Waals surface area contributed by atoms with Gasteiger partial charge in [0.2, 0.25) is 0 Å². The molecule has 2 aliphatic rings. The number of nitrogens with zero attached hydrogens (tertiary/aromatic N) is 2. The topological polar surface area (TPSA) is 53.3 Å². The molecule has 4 nitrogen and oxygen atoms in total. The summed E-state index contributed by atoms with van der Waals surface area (Å²) in [5.74, 6) is 1.01. The molecule has 0 saturated heterocycles. The minimum atomic E-state index is -0.461. The van der Waals surface area contributed by atoms with E-state index in [-0.39, 0.29) is 12.1 Å². The number of carbonyl (C=O) groups is 1. The third-order valence-corrected chi connectivity index (χ3v) is 4.40. The monoisotopic (exact) mass is 312 g/mol. The van der Waals surface area contributed by atoms with Crippen LogP contribution in [0.4, 0.5) is 4.79 Å². The zero-order valence-corrected chi connectivity index (χ0v) is 14.1. The average Bonchev–Trinajstić information content (AvgIpc) is 3.36. The summed E-state index contributed by atoms with van der Waals surface area (Å²) < 4.78 is 5.59. The largest absolute Gasteiger partial charge is 0.444 e. The third kappa shape index (κ3) is 4.04. The van der Waals surface area contributed by atoms with E-state index in [1.807, 2.05) is 49.9 Å². The first-order valence-electron chi connectivity index (χ1n) is 8.37. The highest BCUT2D eigenvalue weighted by molar-refractivity contribution is 5.69. The van der Waals surface area contributed by atoms with Gasteiger partial charge in [-0.25, -0.2) is 4.79 Å². The highest BCUT2D eigenvalue weighted by atomic mass is 16.6. The van der Waals surface area contributed by atoms with E-state index < -0.39 is 5.60 Å². The lowest BCUT2D eigenvalue weighted by molar-refractivity contribution is 0.0220. The number of benzene rings is 1. The molecule has 1 amide bonds. The van der Waals surface area contributed by atoms with Gasteiger partial charge in [-0.3, -0.25) is 0 Å². The second kappa shape index (κ2) is 5.88. The van der Waals surface area contributed by atoms with E-state index in [2.05, 4.69) is 6.07 Å². The lowest BCUT2D eigenvalue weighted by Crippen LogP contribution is -2.40. The van der Waals surface area contributed by atoms with E-state index in [0.29, 0.717) is 17.4 Å². The maximum Gasteiger partial charge on any atom is 0.410 e. The summed E-state index contributed by atoms with van der Waals surface area (Å²) in [4.78, 5) is 14.5. The van der Waals surface area contributed by atoms with Crippen molar-refractivity contribution in [3.05, 3.63) is 35.4 Å². The highest BCUT2D eigenvalue weighted by Crippen LogP contribution is 2.46. The maximum atomic E-state index is 12.5.